The molecule has 1 N–H and O–H groups in total. The molecular weight excluding hydrogens is 314 g/mol. The van der Waals surface area contributed by atoms with E-state index in [1.807, 2.05) is 6.07 Å². The highest BCUT2D eigenvalue weighted by molar-refractivity contribution is 9.10. The number of nitrogens with zero attached hydrogens (tertiary/aromatic N) is 2. The Bertz CT molecular complexity index is 665. The quantitative estimate of drug-likeness (QED) is 0.938. The summed E-state index contributed by atoms with van der Waals surface area (Å²) in [6, 6.07) is 8.31. The van der Waals surface area contributed by atoms with E-state index in [-0.39, 0.29) is 0 Å². The molecule has 0 atom stereocenters. The third kappa shape index (κ3) is 2.27. The third-order valence-corrected chi connectivity index (χ3v) is 4.81. The van der Waals surface area contributed by atoms with E-state index in [1.54, 1.807) is 0 Å². The molecule has 4 rings (SSSR count). The summed E-state index contributed by atoms with van der Waals surface area (Å²) in [5.74, 6) is 1.64. The molecule has 1 aliphatic carbocycles. The van der Waals surface area contributed by atoms with Crippen molar-refractivity contribution in [3.63, 3.8) is 0 Å². The van der Waals surface area contributed by atoms with Gasteiger partial charge in [0.15, 0.2) is 0 Å². The number of hydrogen-bond acceptors (Lipinski definition) is 3. The van der Waals surface area contributed by atoms with Crippen molar-refractivity contribution < 1.29 is 0 Å². The van der Waals surface area contributed by atoms with Gasteiger partial charge in [0, 0.05) is 35.5 Å². The maximum Gasteiger partial charge on any atom is 0.133 e. The summed E-state index contributed by atoms with van der Waals surface area (Å²) < 4.78 is 1.13. The smallest absolute Gasteiger partial charge is 0.133 e. The van der Waals surface area contributed by atoms with Gasteiger partial charge in [-0.25, -0.2) is 9.97 Å². The summed E-state index contributed by atoms with van der Waals surface area (Å²) in [6.07, 6.45) is 3.38. The van der Waals surface area contributed by atoms with Crippen molar-refractivity contribution in [2.24, 2.45) is 0 Å². The Labute approximate surface area is 127 Å². The second kappa shape index (κ2) is 4.93. The Morgan fingerprint density at radius 3 is 2.80 bits per heavy atom. The van der Waals surface area contributed by atoms with Crippen LogP contribution in [0.3, 0.4) is 0 Å². The zero-order chi connectivity index (χ0) is 13.5. The lowest BCUT2D eigenvalue weighted by atomic mass is 10.1. The summed E-state index contributed by atoms with van der Waals surface area (Å²) in [6.45, 7) is 1.83. The van der Waals surface area contributed by atoms with Gasteiger partial charge in [0.05, 0.1) is 11.4 Å². The first-order valence-corrected chi connectivity index (χ1v) is 7.93. The molecule has 1 aromatic carbocycles. The second-order valence-electron chi connectivity index (χ2n) is 5.60. The van der Waals surface area contributed by atoms with Gasteiger partial charge in [0.1, 0.15) is 5.82 Å². The van der Waals surface area contributed by atoms with Crippen LogP contribution in [0, 0.1) is 0 Å². The van der Waals surface area contributed by atoms with Crippen LogP contribution in [0.5, 0.6) is 0 Å². The molecule has 0 saturated heterocycles. The Kier molecular flexibility index (Phi) is 3.08. The first-order chi connectivity index (χ1) is 9.81. The summed E-state index contributed by atoms with van der Waals surface area (Å²) in [4.78, 5) is 9.64. The monoisotopic (exact) mass is 329 g/mol. The van der Waals surface area contributed by atoms with Gasteiger partial charge in [0.2, 0.25) is 0 Å². The third-order valence-electron chi connectivity index (χ3n) is 4.04. The molecule has 1 aliphatic heterocycles. The lowest BCUT2D eigenvalue weighted by Gasteiger charge is -2.09. The topological polar surface area (TPSA) is 37.8 Å². The SMILES string of the molecule is Brc1ccccc1Cc1nc2c(c(C3CC3)n1)CNC2. The van der Waals surface area contributed by atoms with Crippen molar-refractivity contribution in [2.45, 2.75) is 38.3 Å². The van der Waals surface area contributed by atoms with E-state index in [1.165, 1.54) is 35.4 Å². The van der Waals surface area contributed by atoms with Gasteiger partial charge < -0.3 is 5.32 Å². The first-order valence-electron chi connectivity index (χ1n) is 7.14. The number of halogens is 1. The highest BCUT2D eigenvalue weighted by Gasteiger charge is 2.31. The van der Waals surface area contributed by atoms with Gasteiger partial charge in [-0.1, -0.05) is 34.1 Å². The minimum Gasteiger partial charge on any atom is -0.307 e. The van der Waals surface area contributed by atoms with Crippen LogP contribution in [0.2, 0.25) is 0 Å². The molecule has 0 spiro atoms. The predicted octanol–water partition coefficient (Wildman–Crippen LogP) is 3.31. The molecule has 20 heavy (non-hydrogen) atoms. The molecule has 1 fully saturated rings. The maximum absolute atomic E-state index is 4.87. The number of nitrogens with one attached hydrogen (secondary N) is 1. The van der Waals surface area contributed by atoms with E-state index in [0.717, 1.165) is 29.8 Å². The molecule has 1 saturated carbocycles. The van der Waals surface area contributed by atoms with E-state index < -0.39 is 0 Å². The van der Waals surface area contributed by atoms with Crippen LogP contribution in [0.4, 0.5) is 0 Å². The van der Waals surface area contributed by atoms with Crippen molar-refractivity contribution >= 4 is 15.9 Å². The predicted molar refractivity (Wildman–Crippen MR) is 81.5 cm³/mol. The number of hydrogen-bond donors (Lipinski definition) is 1. The van der Waals surface area contributed by atoms with E-state index in [9.17, 15) is 0 Å². The molecule has 0 unspecified atom stereocenters. The molecule has 0 radical (unpaired) electrons. The van der Waals surface area contributed by atoms with Crippen molar-refractivity contribution in [3.8, 4) is 0 Å². The molecule has 0 bridgehead atoms. The maximum atomic E-state index is 4.87. The van der Waals surface area contributed by atoms with Gasteiger partial charge >= 0.3 is 0 Å². The molecule has 2 aromatic rings. The molecule has 102 valence electrons. The van der Waals surface area contributed by atoms with Crippen molar-refractivity contribution in [1.29, 1.82) is 0 Å². The summed E-state index contributed by atoms with van der Waals surface area (Å²) in [5.41, 5.74) is 5.13. The number of benzene rings is 1. The first kappa shape index (κ1) is 12.5. The van der Waals surface area contributed by atoms with E-state index in [2.05, 4.69) is 39.4 Å². The Balaban J connectivity index is 1.72. The standard InChI is InChI=1S/C16H16BrN3/c17-13-4-2-1-3-11(13)7-15-19-14-9-18-8-12(14)16(20-15)10-5-6-10/h1-4,10,18H,5-9H2. The number of aromatic nitrogens is 2. The number of fused-ring (bicyclic) bond motifs is 1. The molecule has 0 amide bonds. The van der Waals surface area contributed by atoms with Crippen LogP contribution in [-0.2, 0) is 19.5 Å². The fraction of sp³-hybridized carbons (Fsp3) is 0.375. The summed E-state index contributed by atoms with van der Waals surface area (Å²) >= 11 is 3.61. The zero-order valence-electron chi connectivity index (χ0n) is 11.2. The van der Waals surface area contributed by atoms with Gasteiger partial charge in [0.25, 0.3) is 0 Å². The van der Waals surface area contributed by atoms with Gasteiger partial charge in [-0.2, -0.15) is 0 Å². The Morgan fingerprint density at radius 1 is 1.15 bits per heavy atom. The Hall–Kier alpha value is -1.26. The van der Waals surface area contributed by atoms with Crippen molar-refractivity contribution in [2.75, 3.05) is 0 Å². The lowest BCUT2D eigenvalue weighted by Crippen LogP contribution is -2.06. The summed E-state index contributed by atoms with van der Waals surface area (Å²) in [7, 11) is 0. The normalized spacial score (nSPS) is 17.2. The molecule has 2 heterocycles. The van der Waals surface area contributed by atoms with Crippen LogP contribution >= 0.6 is 15.9 Å². The second-order valence-corrected chi connectivity index (χ2v) is 6.45. The van der Waals surface area contributed by atoms with Crippen LogP contribution in [0.1, 0.15) is 47.1 Å². The average Bonchev–Trinajstić information content (AvgIpc) is 3.19. The molecule has 2 aliphatic rings. The Morgan fingerprint density at radius 2 is 2.00 bits per heavy atom. The molecule has 3 nitrogen and oxygen atoms in total. The molecular formula is C16H16BrN3. The fourth-order valence-corrected chi connectivity index (χ4v) is 3.26. The van der Waals surface area contributed by atoms with Gasteiger partial charge in [-0.3, -0.25) is 0 Å². The molecule has 4 heteroatoms. The fourth-order valence-electron chi connectivity index (χ4n) is 2.83. The average molecular weight is 330 g/mol. The van der Waals surface area contributed by atoms with E-state index in [0.29, 0.717) is 5.92 Å². The highest BCUT2D eigenvalue weighted by atomic mass is 79.9. The van der Waals surface area contributed by atoms with Crippen LogP contribution in [-0.4, -0.2) is 9.97 Å². The highest BCUT2D eigenvalue weighted by Crippen LogP contribution is 2.42. The zero-order valence-corrected chi connectivity index (χ0v) is 12.8. The van der Waals surface area contributed by atoms with Gasteiger partial charge in [-0.15, -0.1) is 0 Å². The van der Waals surface area contributed by atoms with E-state index >= 15 is 0 Å². The summed E-state index contributed by atoms with van der Waals surface area (Å²) in [5, 5.41) is 3.40. The largest absolute Gasteiger partial charge is 0.307 e. The van der Waals surface area contributed by atoms with Gasteiger partial charge in [-0.05, 0) is 24.5 Å². The molecule has 1 aromatic heterocycles. The van der Waals surface area contributed by atoms with Crippen LogP contribution < -0.4 is 5.32 Å². The van der Waals surface area contributed by atoms with Crippen molar-refractivity contribution in [1.82, 2.24) is 15.3 Å². The van der Waals surface area contributed by atoms with Crippen LogP contribution in [0.15, 0.2) is 28.7 Å². The van der Waals surface area contributed by atoms with Crippen molar-refractivity contribution in [3.05, 3.63) is 57.1 Å². The van der Waals surface area contributed by atoms with Crippen LogP contribution in [0.25, 0.3) is 0 Å². The van der Waals surface area contributed by atoms with E-state index in [4.69, 9.17) is 9.97 Å². The number of rotatable bonds is 3. The lowest BCUT2D eigenvalue weighted by molar-refractivity contribution is 0.754. The minimum absolute atomic E-state index is 0.685. The minimum atomic E-state index is 0.685.